The van der Waals surface area contributed by atoms with Gasteiger partial charge in [-0.05, 0) is 37.1 Å². The molecule has 0 bridgehead atoms. The van der Waals surface area contributed by atoms with Crippen LogP contribution in [0.3, 0.4) is 0 Å². The largest absolute Gasteiger partial charge is 0.478 e. The van der Waals surface area contributed by atoms with Crippen molar-refractivity contribution in [1.29, 1.82) is 0 Å². The third kappa shape index (κ3) is 3.68. The molecule has 0 saturated heterocycles. The van der Waals surface area contributed by atoms with Crippen LogP contribution in [-0.4, -0.2) is 22.2 Å². The van der Waals surface area contributed by atoms with E-state index in [2.05, 4.69) is 6.58 Å². The van der Waals surface area contributed by atoms with E-state index in [0.717, 1.165) is 0 Å². The predicted molar refractivity (Wildman–Crippen MR) is 77.6 cm³/mol. The Labute approximate surface area is 117 Å². The van der Waals surface area contributed by atoms with Gasteiger partial charge in [0.15, 0.2) is 0 Å². The number of hydrogen-bond acceptors (Lipinski definition) is 2. The monoisotopic (exact) mass is 272 g/mol. The lowest BCUT2D eigenvalue weighted by atomic mass is 9.96. The lowest BCUT2D eigenvalue weighted by Gasteiger charge is -2.08. The summed E-state index contributed by atoms with van der Waals surface area (Å²) in [6, 6.07) is 6.32. The van der Waals surface area contributed by atoms with Crippen molar-refractivity contribution in [2.24, 2.45) is 0 Å². The minimum Gasteiger partial charge on any atom is -0.478 e. The molecule has 0 radical (unpaired) electrons. The third-order valence-electron chi connectivity index (χ3n) is 2.73. The lowest BCUT2D eigenvalue weighted by molar-refractivity contribution is -0.132. The molecular weight excluding hydrogens is 256 g/mol. The van der Waals surface area contributed by atoms with E-state index < -0.39 is 11.9 Å². The van der Waals surface area contributed by atoms with Gasteiger partial charge in [-0.1, -0.05) is 36.4 Å². The van der Waals surface area contributed by atoms with Crippen molar-refractivity contribution in [1.82, 2.24) is 0 Å². The summed E-state index contributed by atoms with van der Waals surface area (Å²) < 4.78 is 0. The SMILES string of the molecule is C=C(C)/C=C\C(C(=O)O)=C(/C)c1ccccc1C(=O)O. The van der Waals surface area contributed by atoms with Crippen LogP contribution in [0.15, 0.2) is 54.1 Å². The van der Waals surface area contributed by atoms with Crippen molar-refractivity contribution in [3.8, 4) is 0 Å². The maximum absolute atomic E-state index is 11.3. The van der Waals surface area contributed by atoms with E-state index in [1.807, 2.05) is 0 Å². The molecule has 0 aromatic heterocycles. The maximum atomic E-state index is 11.3. The van der Waals surface area contributed by atoms with Gasteiger partial charge in [-0.15, -0.1) is 0 Å². The highest BCUT2D eigenvalue weighted by atomic mass is 16.4. The Morgan fingerprint density at radius 3 is 2.05 bits per heavy atom. The second-order valence-electron chi connectivity index (χ2n) is 4.37. The summed E-state index contributed by atoms with van der Waals surface area (Å²) in [5, 5.41) is 18.4. The maximum Gasteiger partial charge on any atom is 0.336 e. The van der Waals surface area contributed by atoms with E-state index in [1.165, 1.54) is 12.1 Å². The summed E-state index contributed by atoms with van der Waals surface area (Å²) in [6.45, 7) is 7.01. The van der Waals surface area contributed by atoms with Crippen LogP contribution < -0.4 is 0 Å². The molecule has 0 aliphatic heterocycles. The number of allylic oxidation sites excluding steroid dienone is 3. The number of rotatable bonds is 5. The minimum absolute atomic E-state index is 0.0432. The first-order valence-electron chi connectivity index (χ1n) is 5.95. The van der Waals surface area contributed by atoms with E-state index in [-0.39, 0.29) is 11.1 Å². The van der Waals surface area contributed by atoms with Crippen molar-refractivity contribution in [2.45, 2.75) is 13.8 Å². The summed E-state index contributed by atoms with van der Waals surface area (Å²) in [7, 11) is 0. The predicted octanol–water partition coefficient (Wildman–Crippen LogP) is 3.38. The Balaban J connectivity index is 3.47. The summed E-state index contributed by atoms with van der Waals surface area (Å²) in [5.41, 5.74) is 1.62. The second kappa shape index (κ2) is 6.52. The van der Waals surface area contributed by atoms with Crippen molar-refractivity contribution < 1.29 is 19.8 Å². The molecule has 1 rings (SSSR count). The average molecular weight is 272 g/mol. The first-order valence-corrected chi connectivity index (χ1v) is 5.95. The van der Waals surface area contributed by atoms with Gasteiger partial charge >= 0.3 is 11.9 Å². The molecule has 0 aliphatic rings. The minimum atomic E-state index is -1.11. The number of carbonyl (C=O) groups is 2. The van der Waals surface area contributed by atoms with E-state index in [4.69, 9.17) is 5.11 Å². The van der Waals surface area contributed by atoms with Gasteiger partial charge in [0.2, 0.25) is 0 Å². The fourth-order valence-corrected chi connectivity index (χ4v) is 1.72. The molecule has 20 heavy (non-hydrogen) atoms. The fourth-order valence-electron chi connectivity index (χ4n) is 1.72. The molecule has 0 unspecified atom stereocenters. The molecule has 4 nitrogen and oxygen atoms in total. The lowest BCUT2D eigenvalue weighted by Crippen LogP contribution is -2.05. The molecule has 1 aromatic rings. The van der Waals surface area contributed by atoms with Crippen LogP contribution in [0, 0.1) is 0 Å². The molecule has 4 heteroatoms. The molecule has 0 aliphatic carbocycles. The molecule has 0 atom stereocenters. The molecule has 2 N–H and O–H groups in total. The van der Waals surface area contributed by atoms with Crippen molar-refractivity contribution in [3.05, 3.63) is 65.3 Å². The van der Waals surface area contributed by atoms with Crippen LogP contribution in [0.25, 0.3) is 5.57 Å². The quantitative estimate of drug-likeness (QED) is 0.636. The zero-order valence-electron chi connectivity index (χ0n) is 11.4. The molecule has 0 fully saturated rings. The number of benzene rings is 1. The number of carboxylic acids is 2. The van der Waals surface area contributed by atoms with Crippen LogP contribution in [0.2, 0.25) is 0 Å². The zero-order chi connectivity index (χ0) is 15.3. The van der Waals surface area contributed by atoms with Gasteiger partial charge in [-0.2, -0.15) is 0 Å². The van der Waals surface area contributed by atoms with Crippen LogP contribution in [0.1, 0.15) is 29.8 Å². The topological polar surface area (TPSA) is 74.6 Å². The van der Waals surface area contributed by atoms with Gasteiger partial charge in [0.1, 0.15) is 0 Å². The first-order chi connectivity index (χ1) is 9.34. The summed E-state index contributed by atoms with van der Waals surface area (Å²) >= 11 is 0. The smallest absolute Gasteiger partial charge is 0.336 e. The molecule has 1 aromatic carbocycles. The van der Waals surface area contributed by atoms with Crippen LogP contribution in [-0.2, 0) is 4.79 Å². The highest BCUT2D eigenvalue weighted by molar-refractivity contribution is 6.02. The molecule has 0 heterocycles. The number of carboxylic acid groups (broad SMARTS) is 2. The van der Waals surface area contributed by atoms with Gasteiger partial charge in [0.05, 0.1) is 11.1 Å². The van der Waals surface area contributed by atoms with Gasteiger partial charge in [-0.3, -0.25) is 0 Å². The summed E-state index contributed by atoms with van der Waals surface area (Å²) in [4.78, 5) is 22.5. The molecule has 104 valence electrons. The van der Waals surface area contributed by atoms with Gasteiger partial charge in [0, 0.05) is 0 Å². The Kier molecular flexibility index (Phi) is 5.03. The molecule has 0 spiro atoms. The zero-order valence-corrected chi connectivity index (χ0v) is 11.4. The number of aliphatic carboxylic acids is 1. The average Bonchev–Trinajstić information content (AvgIpc) is 2.37. The fraction of sp³-hybridized carbons (Fsp3) is 0.125. The van der Waals surface area contributed by atoms with Gasteiger partial charge in [-0.25, -0.2) is 9.59 Å². The van der Waals surface area contributed by atoms with Crippen LogP contribution in [0.4, 0.5) is 0 Å². The Hall–Kier alpha value is -2.62. The highest BCUT2D eigenvalue weighted by Crippen LogP contribution is 2.23. The Bertz CT molecular complexity index is 621. The Morgan fingerprint density at radius 2 is 1.60 bits per heavy atom. The van der Waals surface area contributed by atoms with Crippen LogP contribution >= 0.6 is 0 Å². The van der Waals surface area contributed by atoms with Crippen LogP contribution in [0.5, 0.6) is 0 Å². The van der Waals surface area contributed by atoms with E-state index >= 15 is 0 Å². The van der Waals surface area contributed by atoms with E-state index in [1.54, 1.807) is 38.1 Å². The Morgan fingerprint density at radius 1 is 1.05 bits per heavy atom. The van der Waals surface area contributed by atoms with E-state index in [9.17, 15) is 14.7 Å². The summed E-state index contributed by atoms with van der Waals surface area (Å²) in [6.07, 6.45) is 3.01. The number of hydrogen-bond donors (Lipinski definition) is 2. The standard InChI is InChI=1S/C16H16O4/c1-10(2)8-9-13(15(17)18)11(3)12-6-4-5-7-14(12)16(19)20/h4-9H,1H2,2-3H3,(H,17,18)(H,19,20)/b9-8-,13-11-. The molecule has 0 saturated carbocycles. The number of aromatic carboxylic acids is 1. The van der Waals surface area contributed by atoms with E-state index in [0.29, 0.717) is 16.7 Å². The van der Waals surface area contributed by atoms with Crippen molar-refractivity contribution >= 4 is 17.5 Å². The van der Waals surface area contributed by atoms with Gasteiger partial charge in [0.25, 0.3) is 0 Å². The van der Waals surface area contributed by atoms with Crippen molar-refractivity contribution in [3.63, 3.8) is 0 Å². The summed E-state index contributed by atoms with van der Waals surface area (Å²) in [5.74, 6) is -2.20. The highest BCUT2D eigenvalue weighted by Gasteiger charge is 2.15. The molecule has 0 amide bonds. The normalized spacial score (nSPS) is 12.1. The van der Waals surface area contributed by atoms with Crippen molar-refractivity contribution in [2.75, 3.05) is 0 Å². The van der Waals surface area contributed by atoms with Gasteiger partial charge < -0.3 is 10.2 Å². The second-order valence-corrected chi connectivity index (χ2v) is 4.37. The third-order valence-corrected chi connectivity index (χ3v) is 2.73. The molecular formula is C16H16O4. The first kappa shape index (κ1) is 15.4.